The van der Waals surface area contributed by atoms with Crippen LogP contribution in [0.3, 0.4) is 0 Å². The molecular weight excluding hydrogens is 428 g/mol. The third-order valence-corrected chi connectivity index (χ3v) is 5.70. The van der Waals surface area contributed by atoms with Crippen LogP contribution in [0.2, 0.25) is 0 Å². The number of carbonyl (C=O) groups is 4. The number of piperidine rings is 1. The van der Waals surface area contributed by atoms with Crippen molar-refractivity contribution in [3.8, 4) is 0 Å². The van der Waals surface area contributed by atoms with E-state index >= 15 is 0 Å². The minimum absolute atomic E-state index is 0.0250. The van der Waals surface area contributed by atoms with Gasteiger partial charge in [-0.2, -0.15) is 0 Å². The van der Waals surface area contributed by atoms with E-state index in [0.29, 0.717) is 32.4 Å². The van der Waals surface area contributed by atoms with Crippen molar-refractivity contribution >= 4 is 23.8 Å². The van der Waals surface area contributed by atoms with Gasteiger partial charge in [0.05, 0.1) is 0 Å². The van der Waals surface area contributed by atoms with Gasteiger partial charge in [-0.3, -0.25) is 9.59 Å². The Labute approximate surface area is 192 Å². The molecule has 1 aromatic carbocycles. The largest absolute Gasteiger partial charge is 0.480 e. The maximum Gasteiger partial charge on any atom is 0.408 e. The van der Waals surface area contributed by atoms with Crippen molar-refractivity contribution in [1.82, 2.24) is 16.0 Å². The number of aliphatic carboxylic acids is 1. The van der Waals surface area contributed by atoms with Gasteiger partial charge in [0, 0.05) is 19.0 Å². The fraction of sp³-hybridized carbons (Fsp3) is 0.478. The topological polar surface area (TPSA) is 160 Å². The first-order valence-corrected chi connectivity index (χ1v) is 10.9. The van der Waals surface area contributed by atoms with Crippen LogP contribution in [0.25, 0.3) is 0 Å². The van der Waals surface area contributed by atoms with E-state index in [1.54, 1.807) is 30.3 Å². The Morgan fingerprint density at radius 1 is 1.21 bits per heavy atom. The first-order chi connectivity index (χ1) is 15.8. The maximum absolute atomic E-state index is 13.1. The van der Waals surface area contributed by atoms with Crippen molar-refractivity contribution in [1.29, 1.82) is 0 Å². The van der Waals surface area contributed by atoms with Gasteiger partial charge in [0.1, 0.15) is 23.8 Å². The van der Waals surface area contributed by atoms with Crippen molar-refractivity contribution in [2.75, 3.05) is 19.6 Å². The highest BCUT2D eigenvalue weighted by atomic mass is 16.5. The molecule has 180 valence electrons. The van der Waals surface area contributed by atoms with Crippen molar-refractivity contribution in [3.05, 3.63) is 48.6 Å². The predicted octanol–water partition coefficient (Wildman–Crippen LogP) is 0.715. The van der Waals surface area contributed by atoms with Crippen LogP contribution in [0.4, 0.5) is 4.79 Å². The average molecular weight is 461 g/mol. The van der Waals surface area contributed by atoms with Gasteiger partial charge in [0.2, 0.25) is 5.91 Å². The van der Waals surface area contributed by atoms with Gasteiger partial charge in [0.15, 0.2) is 0 Å². The first kappa shape index (κ1) is 26.0. The molecule has 0 saturated carbocycles. The van der Waals surface area contributed by atoms with Gasteiger partial charge < -0.3 is 31.5 Å². The second-order valence-electron chi connectivity index (χ2n) is 8.00. The van der Waals surface area contributed by atoms with Crippen LogP contribution in [0.15, 0.2) is 43.0 Å². The lowest BCUT2D eigenvalue weighted by Crippen LogP contribution is -2.55. The summed E-state index contributed by atoms with van der Waals surface area (Å²) in [6, 6.07) is 7.16. The highest BCUT2D eigenvalue weighted by Crippen LogP contribution is 2.32. The number of ketones is 1. The Morgan fingerprint density at radius 2 is 1.88 bits per heavy atom. The number of benzene rings is 1. The van der Waals surface area contributed by atoms with Crippen molar-refractivity contribution in [3.63, 3.8) is 0 Å². The molecule has 0 aliphatic carbocycles. The normalized spacial score (nSPS) is 16.6. The van der Waals surface area contributed by atoms with Crippen molar-refractivity contribution in [2.24, 2.45) is 11.1 Å². The minimum Gasteiger partial charge on any atom is -0.480 e. The molecule has 1 aliphatic rings. The van der Waals surface area contributed by atoms with Crippen molar-refractivity contribution in [2.45, 2.75) is 44.4 Å². The number of carbonyl (C=O) groups excluding carboxylic acids is 3. The number of rotatable bonds is 12. The van der Waals surface area contributed by atoms with Gasteiger partial charge in [-0.15, -0.1) is 6.58 Å². The number of ether oxygens (including phenoxy) is 1. The molecule has 2 rings (SSSR count). The van der Waals surface area contributed by atoms with Crippen LogP contribution in [0.1, 0.15) is 31.2 Å². The third kappa shape index (κ3) is 7.69. The number of carboxylic acid groups (broad SMARTS) is 1. The Bertz CT molecular complexity index is 839. The monoisotopic (exact) mass is 460 g/mol. The zero-order chi connectivity index (χ0) is 24.3. The number of carboxylic acids is 1. The third-order valence-electron chi connectivity index (χ3n) is 5.70. The molecule has 1 heterocycles. The summed E-state index contributed by atoms with van der Waals surface area (Å²) in [6.45, 7) is 4.16. The zero-order valence-electron chi connectivity index (χ0n) is 18.5. The Morgan fingerprint density at radius 3 is 2.48 bits per heavy atom. The molecule has 1 unspecified atom stereocenters. The molecule has 2 atom stereocenters. The van der Waals surface area contributed by atoms with E-state index in [1.165, 1.54) is 0 Å². The lowest BCUT2D eigenvalue weighted by atomic mass is 9.73. The van der Waals surface area contributed by atoms with Gasteiger partial charge in [-0.25, -0.2) is 9.59 Å². The van der Waals surface area contributed by atoms with E-state index in [2.05, 4.69) is 22.5 Å². The van der Waals surface area contributed by atoms with E-state index in [1.807, 2.05) is 6.07 Å². The zero-order valence-corrected chi connectivity index (χ0v) is 18.5. The molecule has 1 fully saturated rings. The lowest BCUT2D eigenvalue weighted by molar-refractivity contribution is -0.144. The van der Waals surface area contributed by atoms with Crippen LogP contribution in [-0.2, 0) is 25.7 Å². The predicted molar refractivity (Wildman–Crippen MR) is 121 cm³/mol. The molecule has 0 aromatic heterocycles. The summed E-state index contributed by atoms with van der Waals surface area (Å²) >= 11 is 0. The summed E-state index contributed by atoms with van der Waals surface area (Å²) in [5.41, 5.74) is 5.29. The molecule has 1 aromatic rings. The fourth-order valence-corrected chi connectivity index (χ4v) is 3.61. The van der Waals surface area contributed by atoms with Crippen LogP contribution < -0.4 is 21.7 Å². The van der Waals surface area contributed by atoms with E-state index in [9.17, 15) is 24.3 Å². The summed E-state index contributed by atoms with van der Waals surface area (Å²) < 4.78 is 5.05. The molecule has 10 nitrogen and oxygen atoms in total. The summed E-state index contributed by atoms with van der Waals surface area (Å²) in [4.78, 5) is 49.7. The molecule has 1 saturated heterocycles. The van der Waals surface area contributed by atoms with E-state index in [-0.39, 0.29) is 31.4 Å². The molecule has 2 amide bonds. The standard InChI is InChI=1S/C23H32N4O6/c1-2-17(24)8-9-19(28)23(10-12-25-13-11-23)21(31)26-14-18(20(29)30)27-22(32)33-15-16-6-4-3-5-7-16/h2-7,17-18,25H,1,8-15,24H2,(H,26,31)(H,27,32)(H,29,30)/t17?,18-/m0/s1. The van der Waals surface area contributed by atoms with Crippen molar-refractivity contribution < 1.29 is 29.0 Å². The Balaban J connectivity index is 1.96. The second kappa shape index (κ2) is 12.7. The Hall–Kier alpha value is -3.24. The highest BCUT2D eigenvalue weighted by molar-refractivity contribution is 6.06. The number of hydrogen-bond donors (Lipinski definition) is 5. The average Bonchev–Trinajstić information content (AvgIpc) is 2.84. The van der Waals surface area contributed by atoms with Crippen LogP contribution in [-0.4, -0.2) is 60.6 Å². The van der Waals surface area contributed by atoms with E-state index in [4.69, 9.17) is 10.5 Å². The molecule has 0 radical (unpaired) electrons. The lowest BCUT2D eigenvalue weighted by Gasteiger charge is -2.35. The highest BCUT2D eigenvalue weighted by Gasteiger charge is 2.45. The molecule has 1 aliphatic heterocycles. The quantitative estimate of drug-likeness (QED) is 0.225. The number of Topliss-reactive ketones (excluding diaryl/α,β-unsaturated/α-hetero) is 1. The van der Waals surface area contributed by atoms with Crippen LogP contribution >= 0.6 is 0 Å². The minimum atomic E-state index is -1.42. The van der Waals surface area contributed by atoms with Gasteiger partial charge >= 0.3 is 12.1 Å². The van der Waals surface area contributed by atoms with Gasteiger partial charge in [-0.1, -0.05) is 36.4 Å². The summed E-state index contributed by atoms with van der Waals surface area (Å²) in [7, 11) is 0. The Kier molecular flexibility index (Phi) is 10.0. The molecular formula is C23H32N4O6. The maximum atomic E-state index is 13.1. The summed E-state index contributed by atoms with van der Waals surface area (Å²) in [5.74, 6) is -2.12. The molecule has 6 N–H and O–H groups in total. The number of hydrogen-bond acceptors (Lipinski definition) is 7. The number of alkyl carbamates (subject to hydrolysis) is 1. The SMILES string of the molecule is C=CC(N)CCC(=O)C1(C(=O)NC[C@H](NC(=O)OCc2ccccc2)C(=O)O)CCNCC1. The van der Waals surface area contributed by atoms with Crippen LogP contribution in [0, 0.1) is 5.41 Å². The molecule has 10 heteroatoms. The number of nitrogens with two attached hydrogens (primary N) is 1. The number of nitrogens with one attached hydrogen (secondary N) is 3. The fourth-order valence-electron chi connectivity index (χ4n) is 3.61. The summed E-state index contributed by atoms with van der Waals surface area (Å²) in [6.07, 6.45) is 1.70. The van der Waals surface area contributed by atoms with E-state index < -0.39 is 29.4 Å². The number of amides is 2. The first-order valence-electron chi connectivity index (χ1n) is 10.9. The van der Waals surface area contributed by atoms with Gasteiger partial charge in [0.25, 0.3) is 0 Å². The molecule has 33 heavy (non-hydrogen) atoms. The molecule has 0 bridgehead atoms. The summed E-state index contributed by atoms with van der Waals surface area (Å²) in [5, 5.41) is 17.4. The van der Waals surface area contributed by atoms with Gasteiger partial charge in [-0.05, 0) is 37.9 Å². The van der Waals surface area contributed by atoms with E-state index in [0.717, 1.165) is 5.56 Å². The van der Waals surface area contributed by atoms with Crippen LogP contribution in [0.5, 0.6) is 0 Å². The molecule has 0 spiro atoms. The second-order valence-corrected chi connectivity index (χ2v) is 8.00. The smallest absolute Gasteiger partial charge is 0.408 e.